The molecule has 0 aliphatic carbocycles. The van der Waals surface area contributed by atoms with Crippen LogP contribution in [0.2, 0.25) is 0 Å². The molecule has 0 spiro atoms. The molecule has 1 aliphatic rings. The van der Waals surface area contributed by atoms with E-state index in [1.165, 1.54) is 26.2 Å². The van der Waals surface area contributed by atoms with Gasteiger partial charge in [-0.15, -0.1) is 0 Å². The van der Waals surface area contributed by atoms with Crippen molar-refractivity contribution in [3.63, 3.8) is 0 Å². The number of nitrogens with zero attached hydrogens (tertiary/aromatic N) is 6. The fourth-order valence-corrected chi connectivity index (χ4v) is 4.55. The Balaban J connectivity index is 1.45. The van der Waals surface area contributed by atoms with Crippen molar-refractivity contribution in [2.75, 3.05) is 37.0 Å². The van der Waals surface area contributed by atoms with Gasteiger partial charge in [0.2, 0.25) is 0 Å². The Hall–Kier alpha value is -4.60. The molecule has 11 nitrogen and oxygen atoms in total. The van der Waals surface area contributed by atoms with Crippen LogP contribution in [0.15, 0.2) is 55.0 Å². The van der Waals surface area contributed by atoms with Crippen molar-refractivity contribution in [2.45, 2.75) is 38.1 Å². The first-order valence-corrected chi connectivity index (χ1v) is 13.2. The summed E-state index contributed by atoms with van der Waals surface area (Å²) in [6.45, 7) is 3.86. The van der Waals surface area contributed by atoms with Crippen LogP contribution in [-0.4, -0.2) is 75.2 Å². The lowest BCUT2D eigenvalue weighted by atomic mass is 10.0. The highest BCUT2D eigenvalue weighted by Crippen LogP contribution is 2.30. The Morgan fingerprint density at radius 2 is 2.07 bits per heavy atom. The van der Waals surface area contributed by atoms with E-state index in [2.05, 4.69) is 36.7 Å². The zero-order chi connectivity index (χ0) is 29.1. The second kappa shape index (κ2) is 11.5. The predicted octanol–water partition coefficient (Wildman–Crippen LogP) is 3.47. The quantitative estimate of drug-likeness (QED) is 0.267. The maximum atomic E-state index is 14.4. The smallest absolute Gasteiger partial charge is 0.255 e. The molecule has 0 bridgehead atoms. The van der Waals surface area contributed by atoms with Crippen LogP contribution in [0.1, 0.15) is 36.2 Å². The summed E-state index contributed by atoms with van der Waals surface area (Å²) in [4.78, 5) is 24.4. The third kappa shape index (κ3) is 5.96. The highest BCUT2D eigenvalue weighted by Gasteiger charge is 2.29. The van der Waals surface area contributed by atoms with Crippen LogP contribution < -0.4 is 15.5 Å². The first kappa shape index (κ1) is 27.9. The highest BCUT2D eigenvalue weighted by molar-refractivity contribution is 6.00. The summed E-state index contributed by atoms with van der Waals surface area (Å²) < 4.78 is 21.3. The molecule has 1 saturated heterocycles. The minimum absolute atomic E-state index is 0.185. The number of anilines is 3. The molecule has 0 saturated carbocycles. The minimum atomic E-state index is -1.66. The molecule has 3 N–H and O–H groups in total. The second-order valence-corrected chi connectivity index (χ2v) is 10.5. The number of aromatic nitrogens is 4. The normalized spacial score (nSPS) is 15.7. The zero-order valence-electron chi connectivity index (χ0n) is 23.0. The first-order chi connectivity index (χ1) is 19.7. The molecule has 12 heteroatoms. The number of alkyl halides is 1. The van der Waals surface area contributed by atoms with Crippen molar-refractivity contribution in [3.8, 4) is 17.5 Å². The summed E-state index contributed by atoms with van der Waals surface area (Å²) in [6.07, 6.45) is 3.94. The number of nitriles is 1. The standard InChI is InChI=1S/C29H31FN8O3/c1-29(2,40)26(30)16-34-28(39)22-15-32-24(25-6-5-20-10-18(12-31)13-35-38(20)25)11-23(22)36-19-4-7-27(33-14-19)37-9-8-21(37)17-41-3/h4-7,10-11,13-15,21,26,40H,8-9,16-17H2,1-3H3,(H,32,36)(H,34,39)/t21-,26+/m0/s1. The summed E-state index contributed by atoms with van der Waals surface area (Å²) in [6, 6.07) is 13.2. The lowest BCUT2D eigenvalue weighted by Crippen LogP contribution is -2.50. The monoisotopic (exact) mass is 558 g/mol. The Kier molecular flexibility index (Phi) is 7.83. The third-order valence-corrected chi connectivity index (χ3v) is 7.07. The van der Waals surface area contributed by atoms with Gasteiger partial charge in [0.25, 0.3) is 5.91 Å². The van der Waals surface area contributed by atoms with E-state index in [0.717, 1.165) is 24.3 Å². The molecule has 0 radical (unpaired) electrons. The number of nitrogens with one attached hydrogen (secondary N) is 2. The SMILES string of the molecule is COC[C@@H]1CCN1c1ccc(Nc2cc(-c3ccc4cc(C#N)cnn34)ncc2C(=O)NC[C@@H](F)C(C)(C)O)cn1. The van der Waals surface area contributed by atoms with Crippen LogP contribution >= 0.6 is 0 Å². The molecular formula is C29H31FN8O3. The van der Waals surface area contributed by atoms with Gasteiger partial charge in [0.1, 0.15) is 18.1 Å². The van der Waals surface area contributed by atoms with E-state index in [1.807, 2.05) is 24.3 Å². The van der Waals surface area contributed by atoms with E-state index in [4.69, 9.17) is 4.74 Å². The molecule has 212 valence electrons. The number of hydrogen-bond donors (Lipinski definition) is 3. The predicted molar refractivity (Wildman–Crippen MR) is 152 cm³/mol. The van der Waals surface area contributed by atoms with E-state index >= 15 is 0 Å². The number of amides is 1. The van der Waals surface area contributed by atoms with Gasteiger partial charge in [-0.05, 0) is 56.7 Å². The van der Waals surface area contributed by atoms with Gasteiger partial charge in [-0.3, -0.25) is 9.78 Å². The van der Waals surface area contributed by atoms with Crippen LogP contribution in [0, 0.1) is 11.3 Å². The van der Waals surface area contributed by atoms with Gasteiger partial charge in [-0.2, -0.15) is 10.4 Å². The number of rotatable bonds is 10. The molecule has 5 rings (SSSR count). The Morgan fingerprint density at radius 3 is 2.73 bits per heavy atom. The molecule has 41 heavy (non-hydrogen) atoms. The topological polar surface area (TPSA) is 141 Å². The Morgan fingerprint density at radius 1 is 1.24 bits per heavy atom. The fourth-order valence-electron chi connectivity index (χ4n) is 4.55. The van der Waals surface area contributed by atoms with Crippen molar-refractivity contribution in [1.82, 2.24) is 24.9 Å². The number of aliphatic hydroxyl groups is 1. The fraction of sp³-hybridized carbons (Fsp3) is 0.345. The number of ether oxygens (including phenoxy) is 1. The molecule has 4 aromatic heterocycles. The van der Waals surface area contributed by atoms with Gasteiger partial charge >= 0.3 is 0 Å². The molecule has 0 aromatic carbocycles. The number of carbonyl (C=O) groups excluding carboxylic acids is 1. The van der Waals surface area contributed by atoms with Gasteiger partial charge in [0.05, 0.1) is 76.6 Å². The van der Waals surface area contributed by atoms with Crippen molar-refractivity contribution >= 4 is 28.6 Å². The number of pyridine rings is 2. The summed E-state index contributed by atoms with van der Waals surface area (Å²) in [7, 11) is 1.68. The average molecular weight is 559 g/mol. The molecular weight excluding hydrogens is 527 g/mol. The molecule has 0 unspecified atom stereocenters. The van der Waals surface area contributed by atoms with Gasteiger partial charge in [0.15, 0.2) is 0 Å². The maximum absolute atomic E-state index is 14.4. The summed E-state index contributed by atoms with van der Waals surface area (Å²) in [5.74, 6) is 0.281. The number of hydrogen-bond acceptors (Lipinski definition) is 9. The van der Waals surface area contributed by atoms with Crippen molar-refractivity contribution in [3.05, 3.63) is 66.1 Å². The number of fused-ring (bicyclic) bond motifs is 1. The maximum Gasteiger partial charge on any atom is 0.255 e. The molecule has 4 aromatic rings. The van der Waals surface area contributed by atoms with Crippen molar-refractivity contribution in [1.29, 1.82) is 5.26 Å². The first-order valence-electron chi connectivity index (χ1n) is 13.2. The summed E-state index contributed by atoms with van der Waals surface area (Å²) in [5, 5.41) is 29.3. The van der Waals surface area contributed by atoms with E-state index < -0.39 is 17.7 Å². The van der Waals surface area contributed by atoms with Crippen LogP contribution in [0.3, 0.4) is 0 Å². The van der Waals surface area contributed by atoms with Crippen LogP contribution in [0.5, 0.6) is 0 Å². The summed E-state index contributed by atoms with van der Waals surface area (Å²) in [5.41, 5.74) is 1.97. The lowest BCUT2D eigenvalue weighted by molar-refractivity contribution is -0.00177. The Labute approximate surface area is 236 Å². The molecule has 1 amide bonds. The van der Waals surface area contributed by atoms with Crippen LogP contribution in [-0.2, 0) is 4.74 Å². The summed E-state index contributed by atoms with van der Waals surface area (Å²) >= 11 is 0. The van der Waals surface area contributed by atoms with E-state index in [0.29, 0.717) is 41.0 Å². The molecule has 1 aliphatic heterocycles. The number of halogens is 1. The van der Waals surface area contributed by atoms with Gasteiger partial charge < -0.3 is 25.4 Å². The van der Waals surface area contributed by atoms with E-state index in [1.54, 1.807) is 30.0 Å². The largest absolute Gasteiger partial charge is 0.387 e. The van der Waals surface area contributed by atoms with Crippen molar-refractivity contribution < 1.29 is 19.0 Å². The molecule has 5 heterocycles. The Bertz CT molecular complexity index is 1590. The highest BCUT2D eigenvalue weighted by atomic mass is 19.1. The van der Waals surface area contributed by atoms with Crippen molar-refractivity contribution in [2.24, 2.45) is 0 Å². The van der Waals surface area contributed by atoms with Gasteiger partial charge in [0, 0.05) is 19.9 Å². The van der Waals surface area contributed by atoms with Gasteiger partial charge in [-0.1, -0.05) is 0 Å². The van der Waals surface area contributed by atoms with Crippen LogP contribution in [0.4, 0.5) is 21.6 Å². The van der Waals surface area contributed by atoms with E-state index in [9.17, 15) is 19.6 Å². The van der Waals surface area contributed by atoms with Crippen LogP contribution in [0.25, 0.3) is 16.9 Å². The van der Waals surface area contributed by atoms with E-state index in [-0.39, 0.29) is 12.1 Å². The minimum Gasteiger partial charge on any atom is -0.387 e. The number of methoxy groups -OCH3 is 1. The molecule has 1 fully saturated rings. The number of carbonyl (C=O) groups is 1. The lowest BCUT2D eigenvalue weighted by Gasteiger charge is -2.41. The zero-order valence-corrected chi connectivity index (χ0v) is 23.0. The molecule has 2 atom stereocenters. The van der Waals surface area contributed by atoms with Gasteiger partial charge in [-0.25, -0.2) is 13.9 Å². The second-order valence-electron chi connectivity index (χ2n) is 10.5. The average Bonchev–Trinajstić information content (AvgIpc) is 3.37. The third-order valence-electron chi connectivity index (χ3n) is 7.07.